The van der Waals surface area contributed by atoms with Crippen LogP contribution in [0.2, 0.25) is 0 Å². The van der Waals surface area contributed by atoms with Crippen molar-refractivity contribution in [1.82, 2.24) is 0 Å². The molecule has 1 aliphatic rings. The fourth-order valence-corrected chi connectivity index (χ4v) is 4.45. The zero-order chi connectivity index (χ0) is 22.4. The van der Waals surface area contributed by atoms with Crippen molar-refractivity contribution in [2.75, 3.05) is 0 Å². The Labute approximate surface area is 182 Å². The first kappa shape index (κ1) is 24.4. The lowest BCUT2D eigenvalue weighted by molar-refractivity contribution is -0.147. The van der Waals surface area contributed by atoms with Crippen molar-refractivity contribution in [3.05, 3.63) is 33.9 Å². The van der Waals surface area contributed by atoms with Crippen LogP contribution in [0.3, 0.4) is 0 Å². The van der Waals surface area contributed by atoms with Crippen molar-refractivity contribution in [2.24, 2.45) is 5.41 Å². The molecule has 2 rings (SSSR count). The van der Waals surface area contributed by atoms with Crippen molar-refractivity contribution in [1.29, 1.82) is 0 Å². The second kappa shape index (κ2) is 10.5. The third-order valence-electron chi connectivity index (χ3n) is 7.11. The van der Waals surface area contributed by atoms with E-state index in [9.17, 15) is 14.7 Å². The summed E-state index contributed by atoms with van der Waals surface area (Å²) in [5, 5.41) is 9.22. The van der Waals surface area contributed by atoms with Gasteiger partial charge >= 0.3 is 5.97 Å². The molecule has 1 N–H and O–H groups in total. The second-order valence-electron chi connectivity index (χ2n) is 9.94. The Morgan fingerprint density at radius 3 is 2.33 bits per heavy atom. The molecule has 0 heterocycles. The van der Waals surface area contributed by atoms with Gasteiger partial charge in [-0.15, -0.1) is 0 Å². The molecule has 1 aromatic carbocycles. The normalized spacial score (nSPS) is 15.1. The second-order valence-corrected chi connectivity index (χ2v) is 9.94. The maximum atomic E-state index is 11.2. The molecule has 1 aromatic rings. The minimum atomic E-state index is -0.705. The highest BCUT2D eigenvalue weighted by atomic mass is 16.5. The van der Waals surface area contributed by atoms with Gasteiger partial charge in [-0.2, -0.15) is 0 Å². The SMILES string of the molecule is Cc1cc(CCCCCC(C)(C)C(=O)O)c(C)c(C)c1CCCCC1(OC=O)CC1. The van der Waals surface area contributed by atoms with Gasteiger partial charge in [-0.3, -0.25) is 9.59 Å². The molecule has 0 atom stereocenters. The summed E-state index contributed by atoms with van der Waals surface area (Å²) in [5.41, 5.74) is 6.36. The van der Waals surface area contributed by atoms with Crippen LogP contribution in [0.15, 0.2) is 6.07 Å². The molecule has 1 aliphatic carbocycles. The zero-order valence-electron chi connectivity index (χ0n) is 19.6. The minimum Gasteiger partial charge on any atom is -0.481 e. The molecular weight excluding hydrogens is 376 g/mol. The molecule has 0 radical (unpaired) electrons. The summed E-state index contributed by atoms with van der Waals surface area (Å²) in [5.74, 6) is -0.705. The molecule has 0 bridgehead atoms. The molecule has 0 unspecified atom stereocenters. The van der Waals surface area contributed by atoms with Crippen LogP contribution in [-0.2, 0) is 27.2 Å². The van der Waals surface area contributed by atoms with E-state index in [0.717, 1.165) is 70.6 Å². The van der Waals surface area contributed by atoms with Gasteiger partial charge in [-0.25, -0.2) is 0 Å². The maximum Gasteiger partial charge on any atom is 0.309 e. The number of benzene rings is 1. The Kier molecular flexibility index (Phi) is 8.52. The van der Waals surface area contributed by atoms with Crippen molar-refractivity contribution < 1.29 is 19.4 Å². The summed E-state index contributed by atoms with van der Waals surface area (Å²) in [6, 6.07) is 2.36. The first-order valence-electron chi connectivity index (χ1n) is 11.6. The number of hydrogen-bond acceptors (Lipinski definition) is 3. The minimum absolute atomic E-state index is 0.134. The number of aryl methyl sites for hydroxylation is 2. The van der Waals surface area contributed by atoms with E-state index < -0.39 is 11.4 Å². The summed E-state index contributed by atoms with van der Waals surface area (Å²) in [6.07, 6.45) is 11.3. The molecule has 4 nitrogen and oxygen atoms in total. The third kappa shape index (κ3) is 6.58. The number of unbranched alkanes of at least 4 members (excludes halogenated alkanes) is 3. The Morgan fingerprint density at radius 1 is 1.07 bits per heavy atom. The van der Waals surface area contributed by atoms with Crippen molar-refractivity contribution in [2.45, 2.75) is 111 Å². The van der Waals surface area contributed by atoms with E-state index in [1.54, 1.807) is 0 Å². The summed E-state index contributed by atoms with van der Waals surface area (Å²) in [6.45, 7) is 10.9. The lowest BCUT2D eigenvalue weighted by Gasteiger charge is -2.19. The molecule has 0 amide bonds. The maximum absolute atomic E-state index is 11.2. The summed E-state index contributed by atoms with van der Waals surface area (Å²) < 4.78 is 5.25. The number of carboxylic acids is 1. The summed E-state index contributed by atoms with van der Waals surface area (Å²) >= 11 is 0. The average Bonchev–Trinajstić information content (AvgIpc) is 3.44. The molecule has 1 fully saturated rings. The van der Waals surface area contributed by atoms with Gasteiger partial charge in [0.25, 0.3) is 6.47 Å². The Balaban J connectivity index is 1.82. The predicted molar refractivity (Wildman–Crippen MR) is 121 cm³/mol. The van der Waals surface area contributed by atoms with Gasteiger partial charge in [0.15, 0.2) is 0 Å². The lowest BCUT2D eigenvalue weighted by Crippen LogP contribution is -2.23. The van der Waals surface area contributed by atoms with Crippen LogP contribution in [0.1, 0.15) is 99.5 Å². The van der Waals surface area contributed by atoms with E-state index >= 15 is 0 Å². The number of carbonyl (C=O) groups excluding carboxylic acids is 1. The van der Waals surface area contributed by atoms with Crippen LogP contribution in [0, 0.1) is 26.2 Å². The van der Waals surface area contributed by atoms with Crippen molar-refractivity contribution >= 4 is 12.4 Å². The van der Waals surface area contributed by atoms with Crippen LogP contribution in [0.5, 0.6) is 0 Å². The number of carbonyl (C=O) groups is 2. The smallest absolute Gasteiger partial charge is 0.309 e. The van der Waals surface area contributed by atoms with E-state index in [4.69, 9.17) is 4.74 Å². The first-order chi connectivity index (χ1) is 14.1. The standard InChI is InChI=1S/C26H40O4/c1-19-17-22(11-7-6-9-13-25(4,5)24(28)29)20(2)21(3)23(19)12-8-10-14-26(15-16-26)30-18-27/h17-18H,6-16H2,1-5H3,(H,28,29). The molecular formula is C26H40O4. The van der Waals surface area contributed by atoms with Crippen molar-refractivity contribution in [3.8, 4) is 0 Å². The van der Waals surface area contributed by atoms with Crippen LogP contribution in [0.25, 0.3) is 0 Å². The third-order valence-corrected chi connectivity index (χ3v) is 7.11. The molecule has 1 saturated carbocycles. The molecule has 4 heteroatoms. The zero-order valence-corrected chi connectivity index (χ0v) is 19.6. The van der Waals surface area contributed by atoms with E-state index in [2.05, 4.69) is 26.8 Å². The van der Waals surface area contributed by atoms with Gasteiger partial charge in [-0.1, -0.05) is 18.9 Å². The van der Waals surface area contributed by atoms with Crippen molar-refractivity contribution in [3.63, 3.8) is 0 Å². The van der Waals surface area contributed by atoms with E-state index in [-0.39, 0.29) is 5.60 Å². The van der Waals surface area contributed by atoms with Gasteiger partial charge in [0, 0.05) is 0 Å². The number of hydrogen-bond donors (Lipinski definition) is 1. The Morgan fingerprint density at radius 2 is 1.73 bits per heavy atom. The number of carboxylic acid groups (broad SMARTS) is 1. The fraction of sp³-hybridized carbons (Fsp3) is 0.692. The highest BCUT2D eigenvalue weighted by molar-refractivity contribution is 5.73. The quantitative estimate of drug-likeness (QED) is 0.288. The molecule has 0 aliphatic heterocycles. The largest absolute Gasteiger partial charge is 0.481 e. The average molecular weight is 417 g/mol. The monoisotopic (exact) mass is 416 g/mol. The van der Waals surface area contributed by atoms with Gasteiger partial charge < -0.3 is 9.84 Å². The summed E-state index contributed by atoms with van der Waals surface area (Å²) in [7, 11) is 0. The van der Waals surface area contributed by atoms with E-state index in [1.807, 2.05) is 13.8 Å². The van der Waals surface area contributed by atoms with Gasteiger partial charge in [0.2, 0.25) is 0 Å². The number of aliphatic carboxylic acids is 1. The molecule has 0 spiro atoms. The molecule has 0 aromatic heterocycles. The first-order valence-corrected chi connectivity index (χ1v) is 11.6. The topological polar surface area (TPSA) is 63.6 Å². The van der Waals surface area contributed by atoms with Gasteiger partial charge in [0.1, 0.15) is 5.60 Å². The highest BCUT2D eigenvalue weighted by Crippen LogP contribution is 2.43. The molecule has 168 valence electrons. The Hall–Kier alpha value is -1.84. The van der Waals surface area contributed by atoms with Crippen LogP contribution >= 0.6 is 0 Å². The van der Waals surface area contributed by atoms with Gasteiger partial charge in [-0.05, 0) is 120 Å². The Bertz CT molecular complexity index is 744. The van der Waals surface area contributed by atoms with Crippen LogP contribution in [-0.4, -0.2) is 23.1 Å². The number of ether oxygens (including phenoxy) is 1. The van der Waals surface area contributed by atoms with Gasteiger partial charge in [0.05, 0.1) is 5.41 Å². The fourth-order valence-electron chi connectivity index (χ4n) is 4.45. The summed E-state index contributed by atoms with van der Waals surface area (Å²) in [4.78, 5) is 21.8. The molecule has 0 saturated heterocycles. The number of rotatable bonds is 14. The van der Waals surface area contributed by atoms with E-state index in [1.165, 1.54) is 27.8 Å². The lowest BCUT2D eigenvalue weighted by atomic mass is 9.86. The molecule has 30 heavy (non-hydrogen) atoms. The van der Waals surface area contributed by atoms with Crippen LogP contribution in [0.4, 0.5) is 0 Å². The highest BCUT2D eigenvalue weighted by Gasteiger charge is 2.44. The van der Waals surface area contributed by atoms with E-state index in [0.29, 0.717) is 6.47 Å². The van der Waals surface area contributed by atoms with Crippen LogP contribution < -0.4 is 0 Å². The predicted octanol–water partition coefficient (Wildman–Crippen LogP) is 6.24.